The van der Waals surface area contributed by atoms with E-state index in [1.807, 2.05) is 0 Å². The standard InChI is InChI=1S/C13H16ClNO3/c1-5-18-13(17)12-8(2)6-11(16)15(10(12)4)7-9(3)14/h6H,3,5,7H2,1-2,4H3. The van der Waals surface area contributed by atoms with Crippen LogP contribution in [0, 0.1) is 13.8 Å². The molecule has 0 aliphatic rings. The van der Waals surface area contributed by atoms with E-state index in [1.165, 1.54) is 10.6 Å². The maximum Gasteiger partial charge on any atom is 0.340 e. The quantitative estimate of drug-likeness (QED) is 0.789. The van der Waals surface area contributed by atoms with Gasteiger partial charge in [-0.25, -0.2) is 4.79 Å². The summed E-state index contributed by atoms with van der Waals surface area (Å²) in [6, 6.07) is 1.40. The molecular formula is C13H16ClNO3. The SMILES string of the molecule is C=C(Cl)Cn1c(C)c(C(=O)OCC)c(C)cc1=O. The molecule has 0 aromatic carbocycles. The van der Waals surface area contributed by atoms with Crippen molar-refractivity contribution in [1.82, 2.24) is 4.57 Å². The van der Waals surface area contributed by atoms with Crippen LogP contribution >= 0.6 is 11.6 Å². The van der Waals surface area contributed by atoms with Crippen molar-refractivity contribution in [1.29, 1.82) is 0 Å². The molecule has 5 heteroatoms. The number of halogens is 1. The zero-order valence-electron chi connectivity index (χ0n) is 10.7. The highest BCUT2D eigenvalue weighted by Gasteiger charge is 2.17. The number of nitrogens with zero attached hydrogens (tertiary/aromatic N) is 1. The molecule has 0 spiro atoms. The molecule has 1 aromatic rings. The van der Waals surface area contributed by atoms with Gasteiger partial charge in [-0.2, -0.15) is 0 Å². The van der Waals surface area contributed by atoms with E-state index in [0.717, 1.165) is 0 Å². The van der Waals surface area contributed by atoms with Gasteiger partial charge in [-0.3, -0.25) is 4.79 Å². The van der Waals surface area contributed by atoms with Gasteiger partial charge in [-0.1, -0.05) is 18.2 Å². The lowest BCUT2D eigenvalue weighted by Crippen LogP contribution is -2.26. The highest BCUT2D eigenvalue weighted by Crippen LogP contribution is 2.14. The van der Waals surface area contributed by atoms with E-state index >= 15 is 0 Å². The third-order valence-electron chi connectivity index (χ3n) is 2.58. The van der Waals surface area contributed by atoms with Crippen molar-refractivity contribution >= 4 is 17.6 Å². The van der Waals surface area contributed by atoms with Crippen molar-refractivity contribution in [3.8, 4) is 0 Å². The molecule has 4 nitrogen and oxygen atoms in total. The Balaban J connectivity index is 3.39. The van der Waals surface area contributed by atoms with E-state index in [1.54, 1.807) is 20.8 Å². The van der Waals surface area contributed by atoms with Crippen LogP contribution in [-0.2, 0) is 11.3 Å². The van der Waals surface area contributed by atoms with Crippen molar-refractivity contribution in [3.05, 3.63) is 44.9 Å². The van der Waals surface area contributed by atoms with Crippen LogP contribution < -0.4 is 5.56 Å². The molecule has 0 radical (unpaired) electrons. The number of aryl methyl sites for hydroxylation is 1. The Morgan fingerprint density at radius 3 is 2.61 bits per heavy atom. The second-order valence-electron chi connectivity index (χ2n) is 3.95. The summed E-state index contributed by atoms with van der Waals surface area (Å²) in [5.41, 5.74) is 1.35. The van der Waals surface area contributed by atoms with Crippen molar-refractivity contribution < 1.29 is 9.53 Å². The average molecular weight is 270 g/mol. The van der Waals surface area contributed by atoms with Gasteiger partial charge in [0.05, 0.1) is 18.7 Å². The van der Waals surface area contributed by atoms with Crippen LogP contribution in [0.3, 0.4) is 0 Å². The second-order valence-corrected chi connectivity index (χ2v) is 4.48. The van der Waals surface area contributed by atoms with Crippen LogP contribution in [0.1, 0.15) is 28.5 Å². The minimum Gasteiger partial charge on any atom is -0.462 e. The van der Waals surface area contributed by atoms with E-state index < -0.39 is 5.97 Å². The third kappa shape index (κ3) is 3.01. The van der Waals surface area contributed by atoms with Crippen LogP contribution in [0.25, 0.3) is 0 Å². The first-order valence-electron chi connectivity index (χ1n) is 5.60. The number of carbonyl (C=O) groups excluding carboxylic acids is 1. The Morgan fingerprint density at radius 2 is 2.11 bits per heavy atom. The Hall–Kier alpha value is -1.55. The van der Waals surface area contributed by atoms with Gasteiger partial charge in [0, 0.05) is 16.8 Å². The molecule has 0 fully saturated rings. The predicted molar refractivity (Wildman–Crippen MR) is 71.1 cm³/mol. The molecule has 0 aliphatic heterocycles. The fraction of sp³-hybridized carbons (Fsp3) is 0.385. The minimum atomic E-state index is -0.429. The third-order valence-corrected chi connectivity index (χ3v) is 2.70. The summed E-state index contributed by atoms with van der Waals surface area (Å²) in [5.74, 6) is -0.429. The average Bonchev–Trinajstić information content (AvgIpc) is 2.24. The number of pyridine rings is 1. The van der Waals surface area contributed by atoms with Crippen molar-refractivity contribution in [2.24, 2.45) is 0 Å². The summed E-state index contributed by atoms with van der Waals surface area (Å²) in [6.07, 6.45) is 0. The summed E-state index contributed by atoms with van der Waals surface area (Å²) in [5, 5.41) is 0.332. The fourth-order valence-corrected chi connectivity index (χ4v) is 1.92. The molecule has 1 heterocycles. The molecule has 18 heavy (non-hydrogen) atoms. The first-order valence-corrected chi connectivity index (χ1v) is 5.97. The highest BCUT2D eigenvalue weighted by atomic mass is 35.5. The molecule has 98 valence electrons. The maximum absolute atomic E-state index is 11.8. The van der Waals surface area contributed by atoms with E-state index in [9.17, 15) is 9.59 Å². The molecule has 0 unspecified atom stereocenters. The molecule has 0 bridgehead atoms. The van der Waals surface area contributed by atoms with Crippen LogP contribution in [-0.4, -0.2) is 17.1 Å². The fourth-order valence-electron chi connectivity index (χ4n) is 1.80. The summed E-state index contributed by atoms with van der Waals surface area (Å²) < 4.78 is 6.39. The van der Waals surface area contributed by atoms with Crippen LogP contribution in [0.15, 0.2) is 22.5 Å². The smallest absolute Gasteiger partial charge is 0.340 e. The Kier molecular flexibility index (Phi) is 4.73. The first kappa shape index (κ1) is 14.5. The summed E-state index contributed by atoms with van der Waals surface area (Å²) in [6.45, 7) is 9.16. The number of hydrogen-bond acceptors (Lipinski definition) is 3. The largest absolute Gasteiger partial charge is 0.462 e. The predicted octanol–water partition coefficient (Wildman–Crippen LogP) is 2.39. The lowest BCUT2D eigenvalue weighted by Gasteiger charge is -2.14. The van der Waals surface area contributed by atoms with Crippen LogP contribution in [0.2, 0.25) is 0 Å². The van der Waals surface area contributed by atoms with E-state index in [4.69, 9.17) is 16.3 Å². The number of ether oxygens (including phenoxy) is 1. The van der Waals surface area contributed by atoms with Crippen molar-refractivity contribution in [3.63, 3.8) is 0 Å². The number of allylic oxidation sites excluding steroid dienone is 1. The van der Waals surface area contributed by atoms with Gasteiger partial charge < -0.3 is 9.30 Å². The lowest BCUT2D eigenvalue weighted by molar-refractivity contribution is 0.0523. The molecule has 0 amide bonds. The molecule has 0 aliphatic carbocycles. The molecular weight excluding hydrogens is 254 g/mol. The summed E-state index contributed by atoms with van der Waals surface area (Å²) in [7, 11) is 0. The second kappa shape index (κ2) is 5.87. The maximum atomic E-state index is 11.8. The number of rotatable bonds is 4. The highest BCUT2D eigenvalue weighted by molar-refractivity contribution is 6.29. The van der Waals surface area contributed by atoms with Crippen molar-refractivity contribution in [2.45, 2.75) is 27.3 Å². The van der Waals surface area contributed by atoms with Crippen LogP contribution in [0.4, 0.5) is 0 Å². The minimum absolute atomic E-state index is 0.179. The summed E-state index contributed by atoms with van der Waals surface area (Å²) >= 11 is 5.72. The van der Waals surface area contributed by atoms with Crippen LogP contribution in [0.5, 0.6) is 0 Å². The number of aromatic nitrogens is 1. The number of esters is 1. The number of hydrogen-bond donors (Lipinski definition) is 0. The van der Waals surface area contributed by atoms with Gasteiger partial charge in [0.1, 0.15) is 0 Å². The Labute approximate surface area is 111 Å². The Morgan fingerprint density at radius 1 is 1.50 bits per heavy atom. The van der Waals surface area contributed by atoms with E-state index in [-0.39, 0.29) is 12.1 Å². The summed E-state index contributed by atoms with van der Waals surface area (Å²) in [4.78, 5) is 23.7. The van der Waals surface area contributed by atoms with Gasteiger partial charge in [-0.15, -0.1) is 0 Å². The molecule has 0 saturated heterocycles. The zero-order valence-corrected chi connectivity index (χ0v) is 11.5. The zero-order chi connectivity index (χ0) is 13.9. The van der Waals surface area contributed by atoms with E-state index in [2.05, 4.69) is 6.58 Å². The van der Waals surface area contributed by atoms with Gasteiger partial charge in [-0.05, 0) is 26.3 Å². The monoisotopic (exact) mass is 269 g/mol. The lowest BCUT2D eigenvalue weighted by atomic mass is 10.1. The molecule has 1 aromatic heterocycles. The molecule has 1 rings (SSSR count). The van der Waals surface area contributed by atoms with Gasteiger partial charge in [0.15, 0.2) is 0 Å². The first-order chi connectivity index (χ1) is 8.38. The van der Waals surface area contributed by atoms with Gasteiger partial charge >= 0.3 is 5.97 Å². The topological polar surface area (TPSA) is 48.3 Å². The van der Waals surface area contributed by atoms with Crippen molar-refractivity contribution in [2.75, 3.05) is 6.61 Å². The van der Waals surface area contributed by atoms with Gasteiger partial charge in [0.2, 0.25) is 0 Å². The Bertz CT molecular complexity index is 546. The molecule has 0 atom stereocenters. The number of carbonyl (C=O) groups is 1. The van der Waals surface area contributed by atoms with E-state index in [0.29, 0.717) is 28.5 Å². The molecule has 0 N–H and O–H groups in total. The molecule has 0 saturated carbocycles. The normalized spacial score (nSPS) is 10.2. The van der Waals surface area contributed by atoms with Gasteiger partial charge in [0.25, 0.3) is 5.56 Å².